The molecule has 0 unspecified atom stereocenters. The number of nitrogens with zero attached hydrogens (tertiary/aromatic N) is 1. The summed E-state index contributed by atoms with van der Waals surface area (Å²) in [4.78, 5) is 0. The minimum atomic E-state index is 0.311. The third-order valence-electron chi connectivity index (χ3n) is 5.69. The van der Waals surface area contributed by atoms with Crippen LogP contribution in [0.1, 0.15) is 22.3 Å². The van der Waals surface area contributed by atoms with Crippen molar-refractivity contribution in [3.63, 3.8) is 0 Å². The minimum absolute atomic E-state index is 0.311. The molecule has 4 aromatic rings. The van der Waals surface area contributed by atoms with Gasteiger partial charge in [-0.3, -0.25) is 0 Å². The van der Waals surface area contributed by atoms with Crippen LogP contribution >= 0.6 is 0 Å². The number of benzene rings is 4. The molecule has 0 aromatic heterocycles. The van der Waals surface area contributed by atoms with Crippen molar-refractivity contribution in [3.05, 3.63) is 119 Å². The molecule has 196 valence electrons. The number of nitriles is 1. The Balaban J connectivity index is 0.000000211. The van der Waals surface area contributed by atoms with Gasteiger partial charge in [-0.25, -0.2) is 0 Å². The topological polar surface area (TPSA) is 86.7 Å². The van der Waals surface area contributed by atoms with E-state index in [2.05, 4.69) is 6.07 Å². The van der Waals surface area contributed by atoms with Crippen LogP contribution in [0.25, 0.3) is 0 Å². The lowest BCUT2D eigenvalue weighted by molar-refractivity contribution is 0.283. The molecule has 0 aliphatic rings. The second-order valence-corrected chi connectivity index (χ2v) is 8.32. The molecule has 0 bridgehead atoms. The summed E-state index contributed by atoms with van der Waals surface area (Å²) in [6.07, 6.45) is 1.09. The van der Waals surface area contributed by atoms with Gasteiger partial charge in [0, 0.05) is 5.56 Å². The number of hydrogen-bond acceptors (Lipinski definition) is 6. The average Bonchev–Trinajstić information content (AvgIpc) is 2.97. The Morgan fingerprint density at radius 2 is 1.11 bits per heavy atom. The highest BCUT2D eigenvalue weighted by atomic mass is 16.5. The zero-order valence-electron chi connectivity index (χ0n) is 21.9. The fourth-order valence-electron chi connectivity index (χ4n) is 3.86. The molecule has 0 saturated heterocycles. The van der Waals surface area contributed by atoms with Gasteiger partial charge in [0.05, 0.1) is 26.7 Å². The van der Waals surface area contributed by atoms with Gasteiger partial charge < -0.3 is 24.7 Å². The van der Waals surface area contributed by atoms with E-state index >= 15 is 0 Å². The minimum Gasteiger partial charge on any atom is -0.493 e. The highest BCUT2D eigenvalue weighted by molar-refractivity contribution is 5.48. The first-order valence-corrected chi connectivity index (χ1v) is 12.4. The van der Waals surface area contributed by atoms with Gasteiger partial charge in [-0.15, -0.1) is 0 Å². The SMILES string of the molecule is COc1c(CC#N)cccc1OCc1ccccc1.COc1c(CCN)cccc1OCc1ccccc1. The molecule has 38 heavy (non-hydrogen) atoms. The van der Waals surface area contributed by atoms with Crippen LogP contribution in [0.15, 0.2) is 97.1 Å². The van der Waals surface area contributed by atoms with E-state index in [1.165, 1.54) is 0 Å². The van der Waals surface area contributed by atoms with Crippen LogP contribution in [-0.4, -0.2) is 20.8 Å². The van der Waals surface area contributed by atoms with E-state index in [4.69, 9.17) is 29.9 Å². The fourth-order valence-corrected chi connectivity index (χ4v) is 3.86. The lowest BCUT2D eigenvalue weighted by atomic mass is 10.1. The number of ether oxygens (including phenoxy) is 4. The molecule has 4 rings (SSSR count). The third kappa shape index (κ3) is 8.29. The normalized spacial score (nSPS) is 9.95. The fraction of sp³-hybridized carbons (Fsp3) is 0.219. The van der Waals surface area contributed by atoms with Crippen LogP contribution in [0.2, 0.25) is 0 Å². The molecule has 4 aromatic carbocycles. The van der Waals surface area contributed by atoms with Gasteiger partial charge in [0.25, 0.3) is 0 Å². The highest BCUT2D eigenvalue weighted by Crippen LogP contribution is 2.32. The zero-order chi connectivity index (χ0) is 27.0. The zero-order valence-corrected chi connectivity index (χ0v) is 21.9. The number of hydrogen-bond donors (Lipinski definition) is 1. The molecule has 0 radical (unpaired) electrons. The maximum atomic E-state index is 8.79. The van der Waals surface area contributed by atoms with E-state index in [0.29, 0.717) is 37.7 Å². The Morgan fingerprint density at radius 3 is 1.55 bits per heavy atom. The van der Waals surface area contributed by atoms with Crippen LogP contribution in [0.5, 0.6) is 23.0 Å². The van der Waals surface area contributed by atoms with E-state index < -0.39 is 0 Å². The van der Waals surface area contributed by atoms with Crippen molar-refractivity contribution in [1.29, 1.82) is 5.26 Å². The maximum Gasteiger partial charge on any atom is 0.164 e. The summed E-state index contributed by atoms with van der Waals surface area (Å²) < 4.78 is 22.4. The molecule has 0 fully saturated rings. The molecular formula is C32H34N2O4. The molecule has 0 amide bonds. The van der Waals surface area contributed by atoms with Crippen molar-refractivity contribution in [2.45, 2.75) is 26.1 Å². The first kappa shape index (κ1) is 28.1. The molecule has 0 atom stereocenters. The summed E-state index contributed by atoms with van der Waals surface area (Å²) in [5, 5.41) is 8.79. The molecular weight excluding hydrogens is 476 g/mol. The predicted octanol–water partition coefficient (Wildman–Crippen LogP) is 6.12. The second kappa shape index (κ2) is 15.6. The molecule has 2 N–H and O–H groups in total. The first-order valence-electron chi connectivity index (χ1n) is 12.4. The van der Waals surface area contributed by atoms with Crippen molar-refractivity contribution in [2.24, 2.45) is 5.73 Å². The number of para-hydroxylation sites is 2. The molecule has 0 spiro atoms. The summed E-state index contributed by atoms with van der Waals surface area (Å²) in [5.74, 6) is 2.85. The lowest BCUT2D eigenvalue weighted by Gasteiger charge is -2.14. The Morgan fingerprint density at radius 1 is 0.632 bits per heavy atom. The van der Waals surface area contributed by atoms with E-state index in [1.54, 1.807) is 14.2 Å². The predicted molar refractivity (Wildman–Crippen MR) is 150 cm³/mol. The summed E-state index contributed by atoms with van der Waals surface area (Å²) >= 11 is 0. The largest absolute Gasteiger partial charge is 0.493 e. The maximum absolute atomic E-state index is 8.79. The van der Waals surface area contributed by atoms with E-state index in [9.17, 15) is 0 Å². The summed E-state index contributed by atoms with van der Waals surface area (Å²) in [6, 6.07) is 33.6. The van der Waals surface area contributed by atoms with Crippen molar-refractivity contribution < 1.29 is 18.9 Å². The Bertz CT molecular complexity index is 1290. The number of rotatable bonds is 11. The van der Waals surface area contributed by atoms with Crippen LogP contribution in [-0.2, 0) is 26.1 Å². The lowest BCUT2D eigenvalue weighted by Crippen LogP contribution is -2.05. The third-order valence-corrected chi connectivity index (χ3v) is 5.69. The average molecular weight is 511 g/mol. The number of nitrogens with two attached hydrogens (primary N) is 1. The smallest absolute Gasteiger partial charge is 0.164 e. The van der Waals surface area contributed by atoms with Gasteiger partial charge >= 0.3 is 0 Å². The van der Waals surface area contributed by atoms with Crippen LogP contribution in [0.3, 0.4) is 0 Å². The van der Waals surface area contributed by atoms with Gasteiger partial charge in [-0.1, -0.05) is 84.9 Å². The molecule has 0 aliphatic heterocycles. The van der Waals surface area contributed by atoms with Crippen LogP contribution in [0.4, 0.5) is 0 Å². The van der Waals surface area contributed by atoms with Crippen molar-refractivity contribution in [3.8, 4) is 29.1 Å². The molecule has 6 heteroatoms. The standard InChI is InChI=1S/C16H19NO2.C16H15NO2/c2*1-18-16-14(10-11-17)8-5-9-15(16)19-12-13-6-3-2-4-7-13/h2-9H,10-12,17H2,1H3;2-9H,10,12H2,1H3. The van der Waals surface area contributed by atoms with Crippen molar-refractivity contribution in [1.82, 2.24) is 0 Å². The van der Waals surface area contributed by atoms with Gasteiger partial charge in [0.15, 0.2) is 23.0 Å². The molecule has 0 heterocycles. The van der Waals surface area contributed by atoms with Gasteiger partial charge in [-0.2, -0.15) is 5.26 Å². The summed E-state index contributed by atoms with van der Waals surface area (Å²) in [5.41, 5.74) is 9.75. The van der Waals surface area contributed by atoms with E-state index in [1.807, 2.05) is 97.1 Å². The van der Waals surface area contributed by atoms with Crippen molar-refractivity contribution >= 4 is 0 Å². The first-order chi connectivity index (χ1) is 18.7. The quantitative estimate of drug-likeness (QED) is 0.262. The van der Waals surface area contributed by atoms with Crippen LogP contribution < -0.4 is 24.7 Å². The van der Waals surface area contributed by atoms with Crippen LogP contribution in [0, 0.1) is 11.3 Å². The molecule has 0 aliphatic carbocycles. The van der Waals surface area contributed by atoms with E-state index in [-0.39, 0.29) is 0 Å². The number of methoxy groups -OCH3 is 2. The Labute approximate surface area is 225 Å². The van der Waals surface area contributed by atoms with Crippen molar-refractivity contribution in [2.75, 3.05) is 20.8 Å². The van der Waals surface area contributed by atoms with Gasteiger partial charge in [-0.05, 0) is 41.8 Å². The Kier molecular flexibility index (Phi) is 11.5. The molecule has 6 nitrogen and oxygen atoms in total. The monoisotopic (exact) mass is 510 g/mol. The van der Waals surface area contributed by atoms with Gasteiger partial charge in [0.2, 0.25) is 0 Å². The summed E-state index contributed by atoms with van der Waals surface area (Å²) in [6.45, 7) is 1.61. The highest BCUT2D eigenvalue weighted by Gasteiger charge is 2.11. The molecule has 0 saturated carbocycles. The second-order valence-electron chi connectivity index (χ2n) is 8.32. The Hall–Kier alpha value is -4.47. The summed E-state index contributed by atoms with van der Waals surface area (Å²) in [7, 11) is 3.25. The van der Waals surface area contributed by atoms with E-state index in [0.717, 1.165) is 40.2 Å². The van der Waals surface area contributed by atoms with Gasteiger partial charge in [0.1, 0.15) is 13.2 Å².